The van der Waals surface area contributed by atoms with E-state index in [9.17, 15) is 13.2 Å². The van der Waals surface area contributed by atoms with Gasteiger partial charge in [-0.2, -0.15) is 0 Å². The van der Waals surface area contributed by atoms with Crippen LogP contribution in [0.3, 0.4) is 0 Å². The average molecular weight is 419 g/mol. The lowest BCUT2D eigenvalue weighted by atomic mass is 10.2. The van der Waals surface area contributed by atoms with Gasteiger partial charge < -0.3 is 14.6 Å². The zero-order valence-corrected chi connectivity index (χ0v) is 17.3. The molecule has 28 heavy (non-hydrogen) atoms. The summed E-state index contributed by atoms with van der Waals surface area (Å²) < 4.78 is 30.5. The molecule has 1 unspecified atom stereocenters. The maximum absolute atomic E-state index is 12.6. The number of benzene rings is 1. The molecule has 0 spiro atoms. The molecule has 3 rings (SSSR count). The Kier molecular flexibility index (Phi) is 6.33. The number of furan rings is 1. The van der Waals surface area contributed by atoms with Crippen LogP contribution in [0.4, 0.5) is 0 Å². The van der Waals surface area contributed by atoms with E-state index in [1.807, 2.05) is 36.5 Å². The lowest BCUT2D eigenvalue weighted by Gasteiger charge is -2.23. The fourth-order valence-electron chi connectivity index (χ4n) is 2.85. The van der Waals surface area contributed by atoms with Crippen molar-refractivity contribution >= 4 is 27.1 Å². The molecule has 0 aliphatic carbocycles. The van der Waals surface area contributed by atoms with Crippen molar-refractivity contribution in [3.63, 3.8) is 0 Å². The van der Waals surface area contributed by atoms with Crippen LogP contribution in [0.2, 0.25) is 0 Å². The van der Waals surface area contributed by atoms with Crippen LogP contribution in [-0.4, -0.2) is 39.9 Å². The topological polar surface area (TPSA) is 79.6 Å². The third kappa shape index (κ3) is 4.70. The smallest absolute Gasteiger partial charge is 0.287 e. The Morgan fingerprint density at radius 1 is 1.14 bits per heavy atom. The standard InChI is InChI=1S/C20H22N2O4S2/c1-22(2)17(18-9-6-12-27-18)13-21-20(23)19-15(10-11-26-19)14-28(24,25)16-7-4-3-5-8-16/h3-12,17H,13-14H2,1-2H3,(H,21,23). The molecule has 0 saturated heterocycles. The lowest BCUT2D eigenvalue weighted by Crippen LogP contribution is -2.34. The first-order valence-electron chi connectivity index (χ1n) is 8.70. The van der Waals surface area contributed by atoms with Gasteiger partial charge in [-0.05, 0) is 43.7 Å². The van der Waals surface area contributed by atoms with Crippen LogP contribution in [0, 0.1) is 0 Å². The molecule has 1 N–H and O–H groups in total. The normalized spacial score (nSPS) is 12.8. The van der Waals surface area contributed by atoms with Gasteiger partial charge in [0.25, 0.3) is 5.91 Å². The first-order valence-corrected chi connectivity index (χ1v) is 11.2. The van der Waals surface area contributed by atoms with E-state index >= 15 is 0 Å². The number of likely N-dealkylation sites (N-methyl/N-ethyl adjacent to an activating group) is 1. The highest BCUT2D eigenvalue weighted by Crippen LogP contribution is 2.23. The van der Waals surface area contributed by atoms with E-state index in [2.05, 4.69) is 5.32 Å². The molecule has 1 atom stereocenters. The summed E-state index contributed by atoms with van der Waals surface area (Å²) in [6.07, 6.45) is 1.34. The highest BCUT2D eigenvalue weighted by Gasteiger charge is 2.23. The Morgan fingerprint density at radius 3 is 2.54 bits per heavy atom. The third-order valence-corrected chi connectivity index (χ3v) is 7.01. The lowest BCUT2D eigenvalue weighted by molar-refractivity contribution is 0.0913. The van der Waals surface area contributed by atoms with Gasteiger partial charge in [-0.25, -0.2) is 8.42 Å². The second kappa shape index (κ2) is 8.72. The van der Waals surface area contributed by atoms with Crippen LogP contribution < -0.4 is 5.32 Å². The number of rotatable bonds is 8. The number of carbonyl (C=O) groups excluding carboxylic acids is 1. The van der Waals surface area contributed by atoms with Gasteiger partial charge in [0.2, 0.25) is 0 Å². The first kappa shape index (κ1) is 20.3. The quantitative estimate of drug-likeness (QED) is 0.607. The van der Waals surface area contributed by atoms with E-state index in [1.165, 1.54) is 24.5 Å². The van der Waals surface area contributed by atoms with E-state index in [4.69, 9.17) is 4.42 Å². The summed E-state index contributed by atoms with van der Waals surface area (Å²) in [5.74, 6) is -0.687. The maximum atomic E-state index is 12.6. The zero-order chi connectivity index (χ0) is 20.1. The van der Waals surface area contributed by atoms with Crippen molar-refractivity contribution in [2.45, 2.75) is 16.7 Å². The van der Waals surface area contributed by atoms with Crippen molar-refractivity contribution in [1.29, 1.82) is 0 Å². The maximum Gasteiger partial charge on any atom is 0.287 e. The average Bonchev–Trinajstić information content (AvgIpc) is 3.34. The van der Waals surface area contributed by atoms with Crippen LogP contribution in [-0.2, 0) is 15.6 Å². The van der Waals surface area contributed by atoms with Crippen molar-refractivity contribution in [3.8, 4) is 0 Å². The number of nitrogens with one attached hydrogen (secondary N) is 1. The van der Waals surface area contributed by atoms with Crippen molar-refractivity contribution in [3.05, 3.63) is 76.4 Å². The highest BCUT2D eigenvalue weighted by molar-refractivity contribution is 7.90. The molecule has 6 nitrogen and oxygen atoms in total. The number of nitrogens with zero attached hydrogens (tertiary/aromatic N) is 1. The molecule has 2 heterocycles. The molecule has 148 valence electrons. The minimum atomic E-state index is -3.57. The van der Waals surface area contributed by atoms with Crippen LogP contribution >= 0.6 is 11.3 Å². The Hall–Kier alpha value is -2.42. The molecule has 1 amide bonds. The van der Waals surface area contributed by atoms with Crippen LogP contribution in [0.25, 0.3) is 0 Å². The molecule has 0 radical (unpaired) electrons. The number of thiophene rings is 1. The Bertz CT molecular complexity index is 1010. The van der Waals surface area contributed by atoms with E-state index in [0.717, 1.165) is 4.88 Å². The van der Waals surface area contributed by atoms with Gasteiger partial charge in [-0.3, -0.25) is 4.79 Å². The first-order chi connectivity index (χ1) is 13.4. The number of hydrogen-bond acceptors (Lipinski definition) is 6. The molecule has 0 aliphatic rings. The number of sulfone groups is 1. The summed E-state index contributed by atoms with van der Waals surface area (Å²) in [4.78, 5) is 16.0. The van der Waals surface area contributed by atoms with Gasteiger partial charge in [-0.15, -0.1) is 11.3 Å². The Morgan fingerprint density at radius 2 is 1.89 bits per heavy atom. The second-order valence-electron chi connectivity index (χ2n) is 6.55. The predicted molar refractivity (Wildman–Crippen MR) is 109 cm³/mol. The fraction of sp³-hybridized carbons (Fsp3) is 0.250. The Labute approximate surface area is 168 Å². The van der Waals surface area contributed by atoms with E-state index in [-0.39, 0.29) is 22.5 Å². The van der Waals surface area contributed by atoms with Crippen LogP contribution in [0.5, 0.6) is 0 Å². The van der Waals surface area contributed by atoms with Crippen molar-refractivity contribution < 1.29 is 17.6 Å². The van der Waals surface area contributed by atoms with E-state index in [1.54, 1.807) is 29.5 Å². The van der Waals surface area contributed by atoms with Gasteiger partial charge in [0.05, 0.1) is 23.0 Å². The molecular weight excluding hydrogens is 396 g/mol. The van der Waals surface area contributed by atoms with Gasteiger partial charge in [-0.1, -0.05) is 24.3 Å². The Balaban J connectivity index is 1.72. The number of carbonyl (C=O) groups is 1. The van der Waals surface area contributed by atoms with Crippen LogP contribution in [0.1, 0.15) is 27.0 Å². The van der Waals surface area contributed by atoms with Crippen molar-refractivity contribution in [1.82, 2.24) is 10.2 Å². The largest absolute Gasteiger partial charge is 0.459 e. The summed E-state index contributed by atoms with van der Waals surface area (Å²) >= 11 is 1.62. The zero-order valence-electron chi connectivity index (χ0n) is 15.7. The highest BCUT2D eigenvalue weighted by atomic mass is 32.2. The minimum Gasteiger partial charge on any atom is -0.459 e. The van der Waals surface area contributed by atoms with Crippen LogP contribution in [0.15, 0.2) is 69.5 Å². The van der Waals surface area contributed by atoms with Crippen molar-refractivity contribution in [2.75, 3.05) is 20.6 Å². The molecule has 8 heteroatoms. The number of amides is 1. The summed E-state index contributed by atoms with van der Waals surface area (Å²) in [6.45, 7) is 0.387. The predicted octanol–water partition coefficient (Wildman–Crippen LogP) is 3.35. The fourth-order valence-corrected chi connectivity index (χ4v) is 5.15. The SMILES string of the molecule is CN(C)C(CNC(=O)c1occc1CS(=O)(=O)c1ccccc1)c1cccs1. The molecule has 2 aromatic heterocycles. The molecular formula is C20H22N2O4S2. The minimum absolute atomic E-state index is 0.0235. The van der Waals surface area contributed by atoms with Gasteiger partial charge in [0.15, 0.2) is 15.6 Å². The van der Waals surface area contributed by atoms with Gasteiger partial charge in [0.1, 0.15) is 0 Å². The molecule has 0 saturated carbocycles. The molecule has 1 aromatic carbocycles. The molecule has 0 aliphatic heterocycles. The van der Waals surface area contributed by atoms with E-state index < -0.39 is 15.7 Å². The summed E-state index contributed by atoms with van der Waals surface area (Å²) in [5.41, 5.74) is 0.346. The second-order valence-corrected chi connectivity index (χ2v) is 9.52. The number of hydrogen-bond donors (Lipinski definition) is 1. The molecule has 3 aromatic rings. The van der Waals surface area contributed by atoms with E-state index in [0.29, 0.717) is 12.1 Å². The third-order valence-electron chi connectivity index (χ3n) is 4.35. The summed E-state index contributed by atoms with van der Waals surface area (Å²) in [7, 11) is 0.325. The molecule has 0 bridgehead atoms. The molecule has 0 fully saturated rings. The van der Waals surface area contributed by atoms with Gasteiger partial charge >= 0.3 is 0 Å². The van der Waals surface area contributed by atoms with Gasteiger partial charge in [0, 0.05) is 17.0 Å². The monoisotopic (exact) mass is 418 g/mol. The summed E-state index contributed by atoms with van der Waals surface area (Å²) in [6, 6.07) is 13.7. The van der Waals surface area contributed by atoms with Crippen molar-refractivity contribution in [2.24, 2.45) is 0 Å². The summed E-state index contributed by atoms with van der Waals surface area (Å²) in [5, 5.41) is 4.85.